The van der Waals surface area contributed by atoms with Gasteiger partial charge in [-0.2, -0.15) is 5.10 Å². The minimum absolute atomic E-state index is 0.108. The van der Waals surface area contributed by atoms with Crippen molar-refractivity contribution in [3.05, 3.63) is 47.8 Å². The van der Waals surface area contributed by atoms with Crippen LogP contribution in [-0.2, 0) is 6.54 Å². The number of urea groups is 1. The van der Waals surface area contributed by atoms with Gasteiger partial charge in [0.05, 0.1) is 25.4 Å². The maximum absolute atomic E-state index is 12.1. The Hall–Kier alpha value is -2.54. The summed E-state index contributed by atoms with van der Waals surface area (Å²) < 4.78 is 5.52. The van der Waals surface area contributed by atoms with Crippen LogP contribution in [0.15, 0.2) is 36.5 Å². The van der Waals surface area contributed by atoms with Crippen LogP contribution in [0.1, 0.15) is 30.1 Å². The van der Waals surface area contributed by atoms with Gasteiger partial charge in [-0.15, -0.1) is 0 Å². The fourth-order valence-corrected chi connectivity index (χ4v) is 3.24. The Kier molecular flexibility index (Phi) is 5.90. The van der Waals surface area contributed by atoms with Crippen LogP contribution in [0.5, 0.6) is 5.75 Å². The number of hydrogen-bond donors (Lipinski definition) is 3. The second-order valence-corrected chi connectivity index (χ2v) is 6.15. The Bertz CT molecular complexity index is 668. The lowest BCUT2D eigenvalue weighted by molar-refractivity contribution is 0.218. The van der Waals surface area contributed by atoms with E-state index in [1.165, 1.54) is 12.8 Å². The van der Waals surface area contributed by atoms with E-state index < -0.39 is 0 Å². The number of aromatic nitrogens is 2. The average Bonchev–Trinajstić information content (AvgIpc) is 3.34. The van der Waals surface area contributed by atoms with Crippen LogP contribution in [0.2, 0.25) is 0 Å². The van der Waals surface area contributed by atoms with Crippen molar-refractivity contribution in [1.29, 1.82) is 0 Å². The van der Waals surface area contributed by atoms with Gasteiger partial charge >= 0.3 is 6.03 Å². The molecule has 0 radical (unpaired) electrons. The van der Waals surface area contributed by atoms with E-state index in [1.54, 1.807) is 13.3 Å². The number of benzene rings is 1. The zero-order valence-electron chi connectivity index (χ0n) is 14.5. The van der Waals surface area contributed by atoms with Crippen molar-refractivity contribution in [3.63, 3.8) is 0 Å². The molecule has 0 saturated carbocycles. The van der Waals surface area contributed by atoms with E-state index in [4.69, 9.17) is 4.74 Å². The highest BCUT2D eigenvalue weighted by Crippen LogP contribution is 2.31. The average molecular weight is 343 g/mol. The summed E-state index contributed by atoms with van der Waals surface area (Å²) in [6.07, 6.45) is 4.05. The molecule has 1 aromatic heterocycles. The molecule has 0 bridgehead atoms. The SMILES string of the molecule is COc1ccccc1[C@@H](CNC(=O)NCc1ccn[nH]1)N1CCCC1. The summed E-state index contributed by atoms with van der Waals surface area (Å²) in [5, 5.41) is 12.5. The Balaban J connectivity index is 1.62. The summed E-state index contributed by atoms with van der Waals surface area (Å²) in [5.74, 6) is 0.860. The summed E-state index contributed by atoms with van der Waals surface area (Å²) in [6.45, 7) is 3.05. The molecule has 0 aliphatic carbocycles. The Morgan fingerprint density at radius 2 is 2.08 bits per heavy atom. The number of amides is 2. The van der Waals surface area contributed by atoms with E-state index in [0.29, 0.717) is 13.1 Å². The molecule has 1 aromatic carbocycles. The number of rotatable bonds is 7. The minimum Gasteiger partial charge on any atom is -0.496 e. The molecule has 0 spiro atoms. The first-order valence-corrected chi connectivity index (χ1v) is 8.65. The molecule has 2 heterocycles. The second-order valence-electron chi connectivity index (χ2n) is 6.15. The van der Waals surface area contributed by atoms with E-state index >= 15 is 0 Å². The third kappa shape index (κ3) is 4.51. The van der Waals surface area contributed by atoms with Gasteiger partial charge in [0.15, 0.2) is 0 Å². The number of methoxy groups -OCH3 is 1. The summed E-state index contributed by atoms with van der Waals surface area (Å²) in [4.78, 5) is 14.5. The van der Waals surface area contributed by atoms with Crippen LogP contribution < -0.4 is 15.4 Å². The van der Waals surface area contributed by atoms with Crippen LogP contribution in [0, 0.1) is 0 Å². The van der Waals surface area contributed by atoms with Gasteiger partial charge in [-0.25, -0.2) is 4.79 Å². The molecule has 134 valence electrons. The highest BCUT2D eigenvalue weighted by molar-refractivity contribution is 5.73. The summed E-state index contributed by atoms with van der Waals surface area (Å²) in [7, 11) is 1.68. The molecule has 2 aromatic rings. The number of likely N-dealkylation sites (tertiary alicyclic amines) is 1. The Morgan fingerprint density at radius 1 is 1.28 bits per heavy atom. The topological polar surface area (TPSA) is 82.3 Å². The molecule has 7 heteroatoms. The molecule has 2 amide bonds. The van der Waals surface area contributed by atoms with Gasteiger partial charge in [-0.3, -0.25) is 10.00 Å². The molecule has 25 heavy (non-hydrogen) atoms. The predicted octanol–water partition coefficient (Wildman–Crippen LogP) is 2.05. The third-order valence-electron chi connectivity index (χ3n) is 4.53. The van der Waals surface area contributed by atoms with Crippen molar-refractivity contribution in [3.8, 4) is 5.75 Å². The van der Waals surface area contributed by atoms with Gasteiger partial charge in [-0.05, 0) is 38.1 Å². The van der Waals surface area contributed by atoms with Crippen molar-refractivity contribution in [2.24, 2.45) is 0 Å². The van der Waals surface area contributed by atoms with Crippen molar-refractivity contribution in [2.75, 3.05) is 26.7 Å². The van der Waals surface area contributed by atoms with E-state index in [1.807, 2.05) is 24.3 Å². The molecular formula is C18H25N5O2. The van der Waals surface area contributed by atoms with Crippen LogP contribution in [-0.4, -0.2) is 47.9 Å². The molecule has 1 fully saturated rings. The predicted molar refractivity (Wildman–Crippen MR) is 95.4 cm³/mol. The maximum Gasteiger partial charge on any atom is 0.315 e. The minimum atomic E-state index is -0.186. The number of ether oxygens (including phenoxy) is 1. The van der Waals surface area contributed by atoms with Gasteiger partial charge < -0.3 is 15.4 Å². The van der Waals surface area contributed by atoms with Crippen molar-refractivity contribution in [2.45, 2.75) is 25.4 Å². The van der Waals surface area contributed by atoms with Gasteiger partial charge in [0.2, 0.25) is 0 Å². The number of hydrogen-bond acceptors (Lipinski definition) is 4. The number of carbonyl (C=O) groups excluding carboxylic acids is 1. The Labute approximate surface area is 147 Å². The number of H-pyrrole nitrogens is 1. The number of para-hydroxylation sites is 1. The molecule has 3 N–H and O–H groups in total. The second kappa shape index (κ2) is 8.53. The lowest BCUT2D eigenvalue weighted by Gasteiger charge is -2.29. The van der Waals surface area contributed by atoms with Gasteiger partial charge in [0.1, 0.15) is 5.75 Å². The number of aromatic amines is 1. The summed E-state index contributed by atoms with van der Waals surface area (Å²) in [5.41, 5.74) is 1.98. The van der Waals surface area contributed by atoms with Gasteiger partial charge in [-0.1, -0.05) is 18.2 Å². The molecule has 1 atom stereocenters. The van der Waals surface area contributed by atoms with E-state index in [-0.39, 0.29) is 12.1 Å². The van der Waals surface area contributed by atoms with Crippen molar-refractivity contribution >= 4 is 6.03 Å². The molecule has 0 unspecified atom stereocenters. The number of carbonyl (C=O) groups is 1. The third-order valence-corrected chi connectivity index (χ3v) is 4.53. The van der Waals surface area contributed by atoms with Crippen LogP contribution in [0.3, 0.4) is 0 Å². The lowest BCUT2D eigenvalue weighted by atomic mass is 10.0. The maximum atomic E-state index is 12.1. The smallest absolute Gasteiger partial charge is 0.315 e. The van der Waals surface area contributed by atoms with Crippen LogP contribution in [0.25, 0.3) is 0 Å². The lowest BCUT2D eigenvalue weighted by Crippen LogP contribution is -2.41. The number of nitrogens with one attached hydrogen (secondary N) is 3. The first-order valence-electron chi connectivity index (χ1n) is 8.65. The van der Waals surface area contributed by atoms with Crippen molar-refractivity contribution in [1.82, 2.24) is 25.7 Å². The first kappa shape index (κ1) is 17.3. The highest BCUT2D eigenvalue weighted by atomic mass is 16.5. The highest BCUT2D eigenvalue weighted by Gasteiger charge is 2.26. The Morgan fingerprint density at radius 3 is 2.80 bits per heavy atom. The zero-order chi connectivity index (χ0) is 17.5. The molecule has 1 aliphatic heterocycles. The zero-order valence-corrected chi connectivity index (χ0v) is 14.5. The van der Waals surface area contributed by atoms with Gasteiger partial charge in [0.25, 0.3) is 0 Å². The first-order chi connectivity index (χ1) is 12.3. The quantitative estimate of drug-likeness (QED) is 0.719. The molecule has 7 nitrogen and oxygen atoms in total. The molecule has 1 aliphatic rings. The summed E-state index contributed by atoms with van der Waals surface area (Å²) in [6, 6.07) is 9.78. The van der Waals surface area contributed by atoms with Gasteiger partial charge in [0, 0.05) is 18.3 Å². The van der Waals surface area contributed by atoms with E-state index in [9.17, 15) is 4.79 Å². The van der Waals surface area contributed by atoms with E-state index in [2.05, 4.69) is 31.8 Å². The standard InChI is InChI=1S/C18H25N5O2/c1-25-17-7-3-2-6-15(17)16(23-10-4-5-11-23)13-20-18(24)19-12-14-8-9-21-22-14/h2-3,6-9,16H,4-5,10-13H2,1H3,(H,21,22)(H2,19,20,24)/t16-/m1/s1. The van der Waals surface area contributed by atoms with E-state index in [0.717, 1.165) is 30.1 Å². The van der Waals surface area contributed by atoms with Crippen LogP contribution in [0.4, 0.5) is 4.79 Å². The molecular weight excluding hydrogens is 318 g/mol. The fourth-order valence-electron chi connectivity index (χ4n) is 3.24. The monoisotopic (exact) mass is 343 g/mol. The molecule has 1 saturated heterocycles. The number of nitrogens with zero attached hydrogens (tertiary/aromatic N) is 2. The summed E-state index contributed by atoms with van der Waals surface area (Å²) >= 11 is 0. The largest absolute Gasteiger partial charge is 0.496 e. The van der Waals surface area contributed by atoms with Crippen molar-refractivity contribution < 1.29 is 9.53 Å². The molecule has 3 rings (SSSR count). The fraction of sp³-hybridized carbons (Fsp3) is 0.444. The van der Waals surface area contributed by atoms with Crippen LogP contribution >= 0.6 is 0 Å². The normalized spacial score (nSPS) is 15.7.